The van der Waals surface area contributed by atoms with Gasteiger partial charge in [0.15, 0.2) is 0 Å². The summed E-state index contributed by atoms with van der Waals surface area (Å²) < 4.78 is 1.64. The molecule has 0 bridgehead atoms. The lowest BCUT2D eigenvalue weighted by molar-refractivity contribution is 0.669. The van der Waals surface area contributed by atoms with E-state index in [-0.39, 0.29) is 10.7 Å². The van der Waals surface area contributed by atoms with Crippen LogP contribution >= 0.6 is 34.8 Å². The minimum atomic E-state index is -0.155. The van der Waals surface area contributed by atoms with Crippen molar-refractivity contribution in [2.45, 2.75) is 25.3 Å². The van der Waals surface area contributed by atoms with Gasteiger partial charge in [0, 0.05) is 22.0 Å². The van der Waals surface area contributed by atoms with E-state index in [2.05, 4.69) is 4.98 Å². The molecule has 1 aromatic carbocycles. The highest BCUT2D eigenvalue weighted by Crippen LogP contribution is 2.39. The number of hydrogen-bond donors (Lipinski definition) is 0. The molecule has 6 heteroatoms. The lowest BCUT2D eigenvalue weighted by Crippen LogP contribution is -2.24. The fraction of sp³-hybridized carbons (Fsp3) is 0.286. The van der Waals surface area contributed by atoms with Gasteiger partial charge in [0.1, 0.15) is 11.0 Å². The van der Waals surface area contributed by atoms with E-state index in [1.54, 1.807) is 16.7 Å². The highest BCUT2D eigenvalue weighted by atomic mass is 35.5. The van der Waals surface area contributed by atoms with Crippen molar-refractivity contribution in [2.24, 2.45) is 0 Å². The third kappa shape index (κ3) is 2.85. The van der Waals surface area contributed by atoms with Crippen LogP contribution in [0.1, 0.15) is 30.1 Å². The van der Waals surface area contributed by atoms with Crippen molar-refractivity contribution >= 4 is 34.8 Å². The lowest BCUT2D eigenvalue weighted by Gasteiger charge is -2.12. The predicted octanol–water partition coefficient (Wildman–Crippen LogP) is 4.13. The molecule has 1 aromatic heterocycles. The number of hydrogen-bond acceptors (Lipinski definition) is 2. The van der Waals surface area contributed by atoms with E-state index in [4.69, 9.17) is 34.8 Å². The average molecular weight is 330 g/mol. The molecular formula is C14H11Cl3N2O. The Morgan fingerprint density at radius 3 is 2.60 bits per heavy atom. The summed E-state index contributed by atoms with van der Waals surface area (Å²) >= 11 is 17.9. The SMILES string of the molecule is O=c1cc(Cl)nc(C2CC2)n1Cc1ccc(Cl)cc1Cl. The highest BCUT2D eigenvalue weighted by molar-refractivity contribution is 6.35. The standard InChI is InChI=1S/C14H11Cl3N2O/c15-10-4-3-9(11(16)5-10)7-19-13(20)6-12(17)18-14(19)8-1-2-8/h3-6,8H,1-2,7H2. The molecule has 0 aliphatic heterocycles. The van der Waals surface area contributed by atoms with Gasteiger partial charge in [-0.05, 0) is 30.5 Å². The van der Waals surface area contributed by atoms with Gasteiger partial charge in [-0.1, -0.05) is 40.9 Å². The van der Waals surface area contributed by atoms with Crippen molar-refractivity contribution in [3.05, 3.63) is 61.2 Å². The van der Waals surface area contributed by atoms with E-state index in [9.17, 15) is 4.79 Å². The van der Waals surface area contributed by atoms with Gasteiger partial charge in [0.05, 0.1) is 6.54 Å². The second kappa shape index (κ2) is 5.40. The van der Waals surface area contributed by atoms with Gasteiger partial charge in [-0.2, -0.15) is 0 Å². The number of halogens is 3. The maximum atomic E-state index is 12.1. The van der Waals surface area contributed by atoms with E-state index in [1.807, 2.05) is 6.07 Å². The zero-order chi connectivity index (χ0) is 14.3. The van der Waals surface area contributed by atoms with Crippen molar-refractivity contribution in [3.8, 4) is 0 Å². The quantitative estimate of drug-likeness (QED) is 0.794. The molecule has 20 heavy (non-hydrogen) atoms. The van der Waals surface area contributed by atoms with Crippen molar-refractivity contribution < 1.29 is 0 Å². The van der Waals surface area contributed by atoms with Crippen LogP contribution in [0.2, 0.25) is 15.2 Å². The average Bonchev–Trinajstić information content (AvgIpc) is 3.19. The van der Waals surface area contributed by atoms with Gasteiger partial charge < -0.3 is 0 Å². The Hall–Kier alpha value is -1.03. The third-order valence-corrected chi connectivity index (χ3v) is 4.07. The molecule has 2 aromatic rings. The third-order valence-electron chi connectivity index (χ3n) is 3.29. The second-order valence-corrected chi connectivity index (χ2v) is 6.10. The van der Waals surface area contributed by atoms with Crippen molar-refractivity contribution in [1.29, 1.82) is 0 Å². The van der Waals surface area contributed by atoms with Crippen LogP contribution in [0.25, 0.3) is 0 Å². The van der Waals surface area contributed by atoms with Crippen molar-refractivity contribution in [1.82, 2.24) is 9.55 Å². The van der Waals surface area contributed by atoms with E-state index in [0.717, 1.165) is 24.2 Å². The minimum Gasteiger partial charge on any atom is -0.292 e. The summed E-state index contributed by atoms with van der Waals surface area (Å²) in [6, 6.07) is 6.58. The first-order chi connectivity index (χ1) is 9.54. The van der Waals surface area contributed by atoms with E-state index in [1.165, 1.54) is 6.07 Å². The minimum absolute atomic E-state index is 0.155. The fourth-order valence-electron chi connectivity index (χ4n) is 2.13. The van der Waals surface area contributed by atoms with Crippen LogP contribution in [0.5, 0.6) is 0 Å². The van der Waals surface area contributed by atoms with Crippen LogP contribution in [0, 0.1) is 0 Å². The molecule has 1 aliphatic carbocycles. The molecule has 0 amide bonds. The first-order valence-electron chi connectivity index (χ1n) is 6.26. The number of rotatable bonds is 3. The van der Waals surface area contributed by atoms with Crippen LogP contribution in [-0.2, 0) is 6.54 Å². The molecule has 0 saturated heterocycles. The Bertz CT molecular complexity index is 723. The predicted molar refractivity (Wildman–Crippen MR) is 81.0 cm³/mol. The van der Waals surface area contributed by atoms with Crippen molar-refractivity contribution in [3.63, 3.8) is 0 Å². The summed E-state index contributed by atoms with van der Waals surface area (Å²) in [5.41, 5.74) is 0.683. The normalized spacial score (nSPS) is 14.6. The maximum absolute atomic E-state index is 12.1. The summed E-state index contributed by atoms with van der Waals surface area (Å²) in [5.74, 6) is 1.07. The molecule has 3 rings (SSSR count). The van der Waals surface area contributed by atoms with Crippen LogP contribution in [-0.4, -0.2) is 9.55 Å². The summed E-state index contributed by atoms with van der Waals surface area (Å²) in [6.45, 7) is 0.380. The summed E-state index contributed by atoms with van der Waals surface area (Å²) in [5, 5.41) is 1.36. The summed E-state index contributed by atoms with van der Waals surface area (Å²) in [7, 11) is 0. The molecule has 3 nitrogen and oxygen atoms in total. The van der Waals surface area contributed by atoms with Crippen LogP contribution in [0.3, 0.4) is 0 Å². The molecule has 0 N–H and O–H groups in total. The molecule has 1 saturated carbocycles. The molecule has 1 fully saturated rings. The lowest BCUT2D eigenvalue weighted by atomic mass is 10.2. The van der Waals surface area contributed by atoms with Gasteiger partial charge in [-0.15, -0.1) is 0 Å². The van der Waals surface area contributed by atoms with Gasteiger partial charge in [0.2, 0.25) is 0 Å². The molecule has 0 radical (unpaired) electrons. The molecule has 104 valence electrons. The van der Waals surface area contributed by atoms with E-state index in [0.29, 0.717) is 22.5 Å². The Balaban J connectivity index is 2.04. The smallest absolute Gasteiger partial charge is 0.255 e. The largest absolute Gasteiger partial charge is 0.292 e. The van der Waals surface area contributed by atoms with Gasteiger partial charge in [-0.25, -0.2) is 4.98 Å². The van der Waals surface area contributed by atoms with Crippen LogP contribution in [0.4, 0.5) is 0 Å². The first kappa shape index (κ1) is 13.9. The molecular weight excluding hydrogens is 319 g/mol. The molecule has 0 spiro atoms. The summed E-state index contributed by atoms with van der Waals surface area (Å²) in [6.07, 6.45) is 2.09. The maximum Gasteiger partial charge on any atom is 0.255 e. The molecule has 0 atom stereocenters. The van der Waals surface area contributed by atoms with Gasteiger partial charge >= 0.3 is 0 Å². The zero-order valence-electron chi connectivity index (χ0n) is 10.4. The van der Waals surface area contributed by atoms with Gasteiger partial charge in [0.25, 0.3) is 5.56 Å². The molecule has 0 unspecified atom stereocenters. The number of aromatic nitrogens is 2. The first-order valence-corrected chi connectivity index (χ1v) is 7.39. The van der Waals surface area contributed by atoms with Gasteiger partial charge in [-0.3, -0.25) is 9.36 Å². The van der Waals surface area contributed by atoms with E-state index < -0.39 is 0 Å². The molecule has 1 heterocycles. The summed E-state index contributed by atoms with van der Waals surface area (Å²) in [4.78, 5) is 16.4. The monoisotopic (exact) mass is 328 g/mol. The van der Waals surface area contributed by atoms with Crippen LogP contribution < -0.4 is 5.56 Å². The molecule has 1 aliphatic rings. The Morgan fingerprint density at radius 2 is 1.95 bits per heavy atom. The fourth-order valence-corrected chi connectivity index (χ4v) is 2.78. The second-order valence-electron chi connectivity index (χ2n) is 4.87. The zero-order valence-corrected chi connectivity index (χ0v) is 12.7. The van der Waals surface area contributed by atoms with Crippen molar-refractivity contribution in [2.75, 3.05) is 0 Å². The number of nitrogens with zero attached hydrogens (tertiary/aromatic N) is 2. The highest BCUT2D eigenvalue weighted by Gasteiger charge is 2.29. The Labute approximate surface area is 131 Å². The topological polar surface area (TPSA) is 34.9 Å². The van der Waals surface area contributed by atoms with E-state index >= 15 is 0 Å². The Morgan fingerprint density at radius 1 is 1.20 bits per heavy atom. The Kier molecular flexibility index (Phi) is 3.76. The van der Waals surface area contributed by atoms with Crippen LogP contribution in [0.15, 0.2) is 29.1 Å². The number of benzene rings is 1.